The quantitative estimate of drug-likeness (QED) is 0.927. The van der Waals surface area contributed by atoms with Crippen LogP contribution in [-0.2, 0) is 12.0 Å². The fraction of sp³-hybridized carbons (Fsp3) is 0.438. The summed E-state index contributed by atoms with van der Waals surface area (Å²) in [7, 11) is 0. The second-order valence-electron chi connectivity index (χ2n) is 5.72. The van der Waals surface area contributed by atoms with Gasteiger partial charge in [-0.15, -0.1) is 11.3 Å². The van der Waals surface area contributed by atoms with E-state index < -0.39 is 0 Å². The topological polar surface area (TPSA) is 48.1 Å². The fourth-order valence-electron chi connectivity index (χ4n) is 2.01. The summed E-state index contributed by atoms with van der Waals surface area (Å²) < 4.78 is 5.74. The first kappa shape index (κ1) is 15.0. The van der Waals surface area contributed by atoms with Gasteiger partial charge in [0.1, 0.15) is 10.8 Å². The minimum Gasteiger partial charge on any atom is -0.493 e. The van der Waals surface area contributed by atoms with Gasteiger partial charge < -0.3 is 10.5 Å². The molecule has 0 aliphatic rings. The molecule has 108 valence electrons. The Labute approximate surface area is 124 Å². The Hall–Kier alpha value is -1.39. The van der Waals surface area contributed by atoms with Crippen LogP contribution in [0.1, 0.15) is 38.3 Å². The Morgan fingerprint density at radius 3 is 2.60 bits per heavy atom. The molecule has 1 aromatic carbocycles. The van der Waals surface area contributed by atoms with Crippen LogP contribution in [0.3, 0.4) is 0 Å². The number of ether oxygens (including phenoxy) is 1. The molecule has 0 atom stereocenters. The molecule has 1 aromatic heterocycles. The third kappa shape index (κ3) is 3.19. The van der Waals surface area contributed by atoms with Crippen LogP contribution in [0.4, 0.5) is 0 Å². The molecule has 0 amide bonds. The van der Waals surface area contributed by atoms with Crippen molar-refractivity contribution in [3.63, 3.8) is 0 Å². The van der Waals surface area contributed by atoms with E-state index in [1.54, 1.807) is 11.3 Å². The summed E-state index contributed by atoms with van der Waals surface area (Å²) in [5.74, 6) is 0.884. The van der Waals surface area contributed by atoms with Crippen LogP contribution in [0, 0.1) is 0 Å². The van der Waals surface area contributed by atoms with E-state index in [2.05, 4.69) is 37.9 Å². The molecule has 2 rings (SSSR count). The van der Waals surface area contributed by atoms with Crippen LogP contribution in [0.2, 0.25) is 0 Å². The monoisotopic (exact) mass is 290 g/mol. The molecule has 0 aliphatic carbocycles. The van der Waals surface area contributed by atoms with E-state index in [1.165, 1.54) is 5.56 Å². The maximum absolute atomic E-state index is 5.74. The van der Waals surface area contributed by atoms with Gasteiger partial charge in [0, 0.05) is 17.5 Å². The summed E-state index contributed by atoms with van der Waals surface area (Å²) in [4.78, 5) is 4.58. The SMILES string of the molecule is CCOc1ccc(C(C)(C)C)cc1-c1csc(CN)n1. The van der Waals surface area contributed by atoms with Gasteiger partial charge in [0.05, 0.1) is 12.3 Å². The second-order valence-corrected chi connectivity index (χ2v) is 6.67. The molecule has 0 aliphatic heterocycles. The molecular weight excluding hydrogens is 268 g/mol. The van der Waals surface area contributed by atoms with Gasteiger partial charge >= 0.3 is 0 Å². The zero-order valence-electron chi connectivity index (χ0n) is 12.6. The maximum atomic E-state index is 5.74. The Kier molecular flexibility index (Phi) is 4.45. The van der Waals surface area contributed by atoms with Crippen LogP contribution in [0.15, 0.2) is 23.6 Å². The van der Waals surface area contributed by atoms with Crippen molar-refractivity contribution in [3.05, 3.63) is 34.2 Å². The summed E-state index contributed by atoms with van der Waals surface area (Å²) >= 11 is 1.59. The number of hydrogen-bond acceptors (Lipinski definition) is 4. The zero-order chi connectivity index (χ0) is 14.8. The van der Waals surface area contributed by atoms with Crippen molar-refractivity contribution in [2.24, 2.45) is 5.73 Å². The Morgan fingerprint density at radius 1 is 1.30 bits per heavy atom. The fourth-order valence-corrected chi connectivity index (χ4v) is 2.68. The van der Waals surface area contributed by atoms with Crippen molar-refractivity contribution < 1.29 is 4.74 Å². The highest BCUT2D eigenvalue weighted by molar-refractivity contribution is 7.09. The predicted octanol–water partition coefficient (Wildman–Crippen LogP) is 3.97. The Balaban J connectivity index is 2.51. The molecule has 1 heterocycles. The van der Waals surface area contributed by atoms with Crippen LogP contribution in [0.25, 0.3) is 11.3 Å². The van der Waals surface area contributed by atoms with Crippen molar-refractivity contribution >= 4 is 11.3 Å². The van der Waals surface area contributed by atoms with Gasteiger partial charge in [-0.25, -0.2) is 4.98 Å². The number of benzene rings is 1. The normalized spacial score (nSPS) is 11.7. The van der Waals surface area contributed by atoms with E-state index >= 15 is 0 Å². The van der Waals surface area contributed by atoms with E-state index in [0.29, 0.717) is 13.2 Å². The second kappa shape index (κ2) is 5.94. The van der Waals surface area contributed by atoms with Crippen LogP contribution in [0.5, 0.6) is 5.75 Å². The molecule has 3 nitrogen and oxygen atoms in total. The van der Waals surface area contributed by atoms with E-state index in [-0.39, 0.29) is 5.41 Å². The number of aromatic nitrogens is 1. The first-order chi connectivity index (χ1) is 9.45. The number of rotatable bonds is 4. The number of nitrogens with two attached hydrogens (primary N) is 1. The molecule has 4 heteroatoms. The van der Waals surface area contributed by atoms with E-state index in [1.807, 2.05) is 18.4 Å². The largest absolute Gasteiger partial charge is 0.493 e. The number of hydrogen-bond donors (Lipinski definition) is 1. The lowest BCUT2D eigenvalue weighted by atomic mass is 9.86. The third-order valence-electron chi connectivity index (χ3n) is 3.15. The lowest BCUT2D eigenvalue weighted by Crippen LogP contribution is -2.11. The van der Waals surface area contributed by atoms with Gasteiger partial charge in [0.2, 0.25) is 0 Å². The highest BCUT2D eigenvalue weighted by Crippen LogP contribution is 2.35. The lowest BCUT2D eigenvalue weighted by molar-refractivity contribution is 0.341. The van der Waals surface area contributed by atoms with Gasteiger partial charge in [-0.05, 0) is 30.0 Å². The molecule has 20 heavy (non-hydrogen) atoms. The first-order valence-corrected chi connectivity index (χ1v) is 7.76. The smallest absolute Gasteiger partial charge is 0.128 e. The molecule has 0 unspecified atom stereocenters. The molecule has 0 bridgehead atoms. The van der Waals surface area contributed by atoms with Crippen LogP contribution < -0.4 is 10.5 Å². The number of thiazole rings is 1. The van der Waals surface area contributed by atoms with E-state index in [9.17, 15) is 0 Å². The highest BCUT2D eigenvalue weighted by atomic mass is 32.1. The molecule has 0 saturated carbocycles. The maximum Gasteiger partial charge on any atom is 0.128 e. The summed E-state index contributed by atoms with van der Waals surface area (Å²) in [6.07, 6.45) is 0. The minimum absolute atomic E-state index is 0.103. The van der Waals surface area contributed by atoms with Crippen molar-refractivity contribution in [1.29, 1.82) is 0 Å². The Bertz CT molecular complexity index is 584. The van der Waals surface area contributed by atoms with Crippen LogP contribution >= 0.6 is 11.3 Å². The van der Waals surface area contributed by atoms with Gasteiger partial charge in [0.25, 0.3) is 0 Å². The van der Waals surface area contributed by atoms with Crippen molar-refractivity contribution in [2.75, 3.05) is 6.61 Å². The van der Waals surface area contributed by atoms with Gasteiger partial charge in [-0.1, -0.05) is 26.8 Å². The number of nitrogens with zero attached hydrogens (tertiary/aromatic N) is 1. The molecule has 0 spiro atoms. The molecule has 2 aromatic rings. The summed E-state index contributed by atoms with van der Waals surface area (Å²) in [6.45, 7) is 9.74. The summed E-state index contributed by atoms with van der Waals surface area (Å²) in [5.41, 5.74) is 9.03. The van der Waals surface area contributed by atoms with Crippen molar-refractivity contribution in [3.8, 4) is 17.0 Å². The van der Waals surface area contributed by atoms with Gasteiger partial charge in [-0.2, -0.15) is 0 Å². The minimum atomic E-state index is 0.103. The zero-order valence-corrected chi connectivity index (χ0v) is 13.4. The highest BCUT2D eigenvalue weighted by Gasteiger charge is 2.18. The van der Waals surface area contributed by atoms with Gasteiger partial charge in [-0.3, -0.25) is 0 Å². The first-order valence-electron chi connectivity index (χ1n) is 6.88. The Morgan fingerprint density at radius 2 is 2.05 bits per heavy atom. The average Bonchev–Trinajstić information content (AvgIpc) is 2.87. The molecule has 0 saturated heterocycles. The molecule has 2 N–H and O–H groups in total. The average molecular weight is 290 g/mol. The predicted molar refractivity (Wildman–Crippen MR) is 85.3 cm³/mol. The van der Waals surface area contributed by atoms with Crippen LogP contribution in [-0.4, -0.2) is 11.6 Å². The van der Waals surface area contributed by atoms with Gasteiger partial charge in [0.15, 0.2) is 0 Å². The van der Waals surface area contributed by atoms with Crippen molar-refractivity contribution in [1.82, 2.24) is 4.98 Å². The van der Waals surface area contributed by atoms with E-state index in [0.717, 1.165) is 22.0 Å². The molecule has 0 fully saturated rings. The van der Waals surface area contributed by atoms with E-state index in [4.69, 9.17) is 10.5 Å². The lowest BCUT2D eigenvalue weighted by Gasteiger charge is -2.21. The standard InChI is InChI=1S/C16H22N2OS/c1-5-19-14-7-6-11(16(2,3)4)8-12(14)13-10-20-15(9-17)18-13/h6-8,10H,5,9,17H2,1-4H3. The van der Waals surface area contributed by atoms with Crippen molar-refractivity contribution in [2.45, 2.75) is 39.7 Å². The third-order valence-corrected chi connectivity index (χ3v) is 4.02. The summed E-state index contributed by atoms with van der Waals surface area (Å²) in [6, 6.07) is 6.35. The summed E-state index contributed by atoms with van der Waals surface area (Å²) in [5, 5.41) is 3.00. The molecular formula is C16H22N2OS. The molecule has 0 radical (unpaired) electrons.